The first-order valence-corrected chi connectivity index (χ1v) is 6.89. The summed E-state index contributed by atoms with van der Waals surface area (Å²) in [7, 11) is 0. The average Bonchev–Trinajstić information content (AvgIpc) is 2.95. The van der Waals surface area contributed by atoms with Crippen LogP contribution in [0.15, 0.2) is 30.6 Å². The number of hydrogen-bond acceptors (Lipinski definition) is 4. The van der Waals surface area contributed by atoms with Gasteiger partial charge in [-0.1, -0.05) is 18.3 Å². The van der Waals surface area contributed by atoms with Crippen molar-refractivity contribution in [2.75, 3.05) is 6.54 Å². The van der Waals surface area contributed by atoms with Gasteiger partial charge < -0.3 is 10.6 Å². The summed E-state index contributed by atoms with van der Waals surface area (Å²) in [6.45, 7) is 0.678. The van der Waals surface area contributed by atoms with Crippen molar-refractivity contribution in [3.05, 3.63) is 36.2 Å². The van der Waals surface area contributed by atoms with Crippen LogP contribution in [0.25, 0.3) is 11.0 Å². The largest absolute Gasteiger partial charge is 0.392 e. The summed E-state index contributed by atoms with van der Waals surface area (Å²) >= 11 is 5.05. The lowest BCUT2D eigenvalue weighted by atomic mass is 10.1. The van der Waals surface area contributed by atoms with E-state index in [-0.39, 0.29) is 11.9 Å². The van der Waals surface area contributed by atoms with Crippen molar-refractivity contribution in [3.8, 4) is 0 Å². The van der Waals surface area contributed by atoms with Crippen LogP contribution in [-0.4, -0.2) is 38.4 Å². The molecule has 2 heterocycles. The van der Waals surface area contributed by atoms with Crippen LogP contribution in [0.5, 0.6) is 0 Å². The van der Waals surface area contributed by atoms with E-state index >= 15 is 0 Å². The van der Waals surface area contributed by atoms with E-state index in [1.54, 1.807) is 23.4 Å². The summed E-state index contributed by atoms with van der Waals surface area (Å²) in [5.41, 5.74) is 7.61. The topological polar surface area (TPSA) is 72.1 Å². The number of carbonyl (C=O) groups is 1. The van der Waals surface area contributed by atoms with Gasteiger partial charge in [-0.25, -0.2) is 0 Å². The number of aromatic nitrogens is 2. The summed E-state index contributed by atoms with van der Waals surface area (Å²) in [6.07, 6.45) is 4.96. The number of benzene rings is 1. The smallest absolute Gasteiger partial charge is 0.256 e. The van der Waals surface area contributed by atoms with Gasteiger partial charge >= 0.3 is 0 Å². The maximum absolute atomic E-state index is 12.7. The minimum atomic E-state index is -0.149. The molecule has 2 aromatic rings. The van der Waals surface area contributed by atoms with E-state index in [1.807, 2.05) is 12.1 Å². The summed E-state index contributed by atoms with van der Waals surface area (Å²) < 4.78 is 0. The van der Waals surface area contributed by atoms with Crippen molar-refractivity contribution >= 4 is 34.1 Å². The van der Waals surface area contributed by atoms with Gasteiger partial charge in [0, 0.05) is 18.9 Å². The van der Waals surface area contributed by atoms with Crippen LogP contribution in [0.4, 0.5) is 0 Å². The van der Waals surface area contributed by atoms with Crippen molar-refractivity contribution in [2.24, 2.45) is 5.73 Å². The number of amides is 1. The molecule has 1 unspecified atom stereocenters. The summed E-state index contributed by atoms with van der Waals surface area (Å²) in [5, 5.41) is 0. The van der Waals surface area contributed by atoms with E-state index in [4.69, 9.17) is 18.0 Å². The van der Waals surface area contributed by atoms with E-state index in [0.29, 0.717) is 28.1 Å². The van der Waals surface area contributed by atoms with Crippen LogP contribution in [0.2, 0.25) is 0 Å². The van der Waals surface area contributed by atoms with Gasteiger partial charge in [-0.2, -0.15) is 0 Å². The Morgan fingerprint density at radius 1 is 1.35 bits per heavy atom. The highest BCUT2D eigenvalue weighted by atomic mass is 32.1. The number of likely N-dealkylation sites (tertiary alicyclic amines) is 1. The van der Waals surface area contributed by atoms with E-state index < -0.39 is 0 Å². The standard InChI is InChI=1S/C14H14N4OS/c15-13(20)11-5-2-8-18(11)14(19)9-3-1-4-10-12(9)17-7-6-16-10/h1,3-4,6-7,11H,2,5,8H2,(H2,15,20). The quantitative estimate of drug-likeness (QED) is 0.847. The molecule has 1 aromatic carbocycles. The molecule has 102 valence electrons. The average molecular weight is 286 g/mol. The van der Waals surface area contributed by atoms with E-state index in [9.17, 15) is 4.79 Å². The Hall–Kier alpha value is -2.08. The Bertz CT molecular complexity index is 682. The van der Waals surface area contributed by atoms with Gasteiger partial charge in [0.05, 0.1) is 22.1 Å². The molecule has 0 saturated carbocycles. The summed E-state index contributed by atoms with van der Waals surface area (Å²) in [4.78, 5) is 23.3. The lowest BCUT2D eigenvalue weighted by Gasteiger charge is -2.24. The van der Waals surface area contributed by atoms with Gasteiger partial charge in [0.25, 0.3) is 5.91 Å². The van der Waals surface area contributed by atoms with Crippen molar-refractivity contribution in [1.82, 2.24) is 14.9 Å². The number of para-hydroxylation sites is 1. The molecule has 1 saturated heterocycles. The minimum absolute atomic E-state index is 0.0774. The minimum Gasteiger partial charge on any atom is -0.392 e. The molecule has 0 spiro atoms. The fraction of sp³-hybridized carbons (Fsp3) is 0.286. The molecule has 1 aliphatic rings. The maximum Gasteiger partial charge on any atom is 0.256 e. The molecule has 1 amide bonds. The molecule has 5 nitrogen and oxygen atoms in total. The summed E-state index contributed by atoms with van der Waals surface area (Å²) in [5.74, 6) is -0.0774. The number of carbonyl (C=O) groups excluding carboxylic acids is 1. The van der Waals surface area contributed by atoms with Gasteiger partial charge in [-0.15, -0.1) is 0 Å². The first-order valence-electron chi connectivity index (χ1n) is 6.48. The van der Waals surface area contributed by atoms with Crippen molar-refractivity contribution in [3.63, 3.8) is 0 Å². The monoisotopic (exact) mass is 286 g/mol. The fourth-order valence-corrected chi connectivity index (χ4v) is 2.87. The second-order valence-corrected chi connectivity index (χ2v) is 5.26. The first kappa shape index (κ1) is 12.9. The lowest BCUT2D eigenvalue weighted by Crippen LogP contribution is -2.42. The number of thiocarbonyl (C=S) groups is 1. The van der Waals surface area contributed by atoms with Crippen molar-refractivity contribution in [2.45, 2.75) is 18.9 Å². The molecule has 1 atom stereocenters. The Labute approximate surface area is 121 Å². The zero-order valence-corrected chi connectivity index (χ0v) is 11.6. The Morgan fingerprint density at radius 3 is 2.95 bits per heavy atom. The number of rotatable bonds is 2. The van der Waals surface area contributed by atoms with Crippen molar-refractivity contribution < 1.29 is 4.79 Å². The highest BCUT2D eigenvalue weighted by Gasteiger charge is 2.32. The highest BCUT2D eigenvalue weighted by Crippen LogP contribution is 2.23. The van der Waals surface area contributed by atoms with Crippen LogP contribution in [0, 0.1) is 0 Å². The number of nitrogens with two attached hydrogens (primary N) is 1. The van der Waals surface area contributed by atoms with E-state index in [2.05, 4.69) is 9.97 Å². The lowest BCUT2D eigenvalue weighted by molar-refractivity contribution is 0.0772. The molecule has 0 bridgehead atoms. The van der Waals surface area contributed by atoms with Gasteiger partial charge in [0.15, 0.2) is 0 Å². The maximum atomic E-state index is 12.7. The second kappa shape index (κ2) is 5.13. The third-order valence-corrected chi connectivity index (χ3v) is 3.84. The molecule has 3 rings (SSSR count). The SMILES string of the molecule is NC(=S)C1CCCN1C(=O)c1cccc2nccnc12. The normalized spacial score (nSPS) is 18.4. The van der Waals surface area contributed by atoms with E-state index in [1.165, 1.54) is 0 Å². The number of hydrogen-bond donors (Lipinski definition) is 1. The molecular weight excluding hydrogens is 272 g/mol. The number of nitrogens with zero attached hydrogens (tertiary/aromatic N) is 3. The third-order valence-electron chi connectivity index (χ3n) is 3.57. The van der Waals surface area contributed by atoms with Crippen LogP contribution in [0.3, 0.4) is 0 Å². The van der Waals surface area contributed by atoms with Gasteiger partial charge in [-0.3, -0.25) is 14.8 Å². The van der Waals surface area contributed by atoms with Crippen LogP contribution < -0.4 is 5.73 Å². The zero-order chi connectivity index (χ0) is 14.1. The van der Waals surface area contributed by atoms with Crippen LogP contribution >= 0.6 is 12.2 Å². The fourth-order valence-electron chi connectivity index (χ4n) is 2.63. The molecule has 6 heteroatoms. The summed E-state index contributed by atoms with van der Waals surface area (Å²) in [6, 6.07) is 5.28. The second-order valence-electron chi connectivity index (χ2n) is 4.79. The predicted octanol–water partition coefficient (Wildman–Crippen LogP) is 1.52. The molecule has 1 aliphatic heterocycles. The molecule has 1 fully saturated rings. The van der Waals surface area contributed by atoms with Crippen LogP contribution in [0.1, 0.15) is 23.2 Å². The number of fused-ring (bicyclic) bond motifs is 1. The Kier molecular flexibility index (Phi) is 3.31. The zero-order valence-electron chi connectivity index (χ0n) is 10.8. The molecular formula is C14H14N4OS. The van der Waals surface area contributed by atoms with E-state index in [0.717, 1.165) is 12.8 Å². The third kappa shape index (κ3) is 2.12. The van der Waals surface area contributed by atoms with Gasteiger partial charge in [0.1, 0.15) is 5.52 Å². The predicted molar refractivity (Wildman–Crippen MR) is 80.4 cm³/mol. The first-order chi connectivity index (χ1) is 9.68. The van der Waals surface area contributed by atoms with Crippen molar-refractivity contribution in [1.29, 1.82) is 0 Å². The molecule has 0 aliphatic carbocycles. The Balaban J connectivity index is 2.03. The van der Waals surface area contributed by atoms with Gasteiger partial charge in [-0.05, 0) is 25.0 Å². The molecule has 2 N–H and O–H groups in total. The van der Waals surface area contributed by atoms with Crippen LogP contribution in [-0.2, 0) is 0 Å². The van der Waals surface area contributed by atoms with Gasteiger partial charge in [0.2, 0.25) is 0 Å². The molecule has 0 radical (unpaired) electrons. The Morgan fingerprint density at radius 2 is 2.15 bits per heavy atom. The molecule has 20 heavy (non-hydrogen) atoms. The highest BCUT2D eigenvalue weighted by molar-refractivity contribution is 7.80. The molecule has 1 aromatic heterocycles.